The van der Waals surface area contributed by atoms with E-state index in [1.807, 2.05) is 6.92 Å². The molecule has 2 aromatic heterocycles. The van der Waals surface area contributed by atoms with Crippen LogP contribution in [0.3, 0.4) is 0 Å². The molecule has 8 nitrogen and oxygen atoms in total. The van der Waals surface area contributed by atoms with Gasteiger partial charge in [-0.15, -0.1) is 0 Å². The molecule has 0 radical (unpaired) electrons. The summed E-state index contributed by atoms with van der Waals surface area (Å²) < 4.78 is 7.14. The van der Waals surface area contributed by atoms with Crippen molar-refractivity contribution < 1.29 is 20.1 Å². The maximum atomic E-state index is 10.1. The molecule has 0 spiro atoms. The second-order valence-corrected chi connectivity index (χ2v) is 4.89. The van der Waals surface area contributed by atoms with E-state index in [-0.39, 0.29) is 6.61 Å². The summed E-state index contributed by atoms with van der Waals surface area (Å²) in [5.74, 6) is 0.596. The third-order valence-electron chi connectivity index (χ3n) is 3.61. The first kappa shape index (κ1) is 13.4. The summed E-state index contributed by atoms with van der Waals surface area (Å²) >= 11 is 0. The summed E-state index contributed by atoms with van der Waals surface area (Å²) in [4.78, 5) is 12.6. The summed E-state index contributed by atoms with van der Waals surface area (Å²) in [7, 11) is 0. The van der Waals surface area contributed by atoms with Crippen LogP contribution in [0.15, 0.2) is 6.33 Å². The molecule has 0 bridgehead atoms. The van der Waals surface area contributed by atoms with Crippen LogP contribution in [0.5, 0.6) is 0 Å². The van der Waals surface area contributed by atoms with E-state index in [9.17, 15) is 10.2 Å². The number of aliphatic hydroxyl groups is 3. The van der Waals surface area contributed by atoms with E-state index in [0.29, 0.717) is 17.0 Å². The van der Waals surface area contributed by atoms with Gasteiger partial charge in [0.1, 0.15) is 36.0 Å². The predicted octanol–water partition coefficient (Wildman–Crippen LogP) is -0.945. The maximum absolute atomic E-state index is 10.1. The molecule has 0 amide bonds. The SMILES string of the molecule is Cc1ncnc2c1nc(C)n2C1O[C@H](CO)[C@@H](O)[C@H]1O. The number of aliphatic hydroxyl groups excluding tert-OH is 3. The highest BCUT2D eigenvalue weighted by atomic mass is 16.6. The van der Waals surface area contributed by atoms with E-state index in [2.05, 4.69) is 15.0 Å². The van der Waals surface area contributed by atoms with E-state index < -0.39 is 24.5 Å². The van der Waals surface area contributed by atoms with Crippen molar-refractivity contribution in [2.24, 2.45) is 0 Å². The smallest absolute Gasteiger partial charge is 0.166 e. The molecule has 1 fully saturated rings. The number of hydrogen-bond donors (Lipinski definition) is 3. The van der Waals surface area contributed by atoms with Gasteiger partial charge >= 0.3 is 0 Å². The second-order valence-electron chi connectivity index (χ2n) is 4.89. The molecule has 2 aromatic rings. The molecule has 1 saturated heterocycles. The zero-order valence-electron chi connectivity index (χ0n) is 11.1. The summed E-state index contributed by atoms with van der Waals surface area (Å²) in [6, 6.07) is 0. The number of hydrogen-bond acceptors (Lipinski definition) is 7. The Bertz CT molecular complexity index is 644. The first-order valence-corrected chi connectivity index (χ1v) is 6.33. The maximum Gasteiger partial charge on any atom is 0.166 e. The molecule has 3 rings (SSSR count). The average Bonchev–Trinajstić information content (AvgIpc) is 2.90. The highest BCUT2D eigenvalue weighted by Gasteiger charge is 2.44. The highest BCUT2D eigenvalue weighted by Crippen LogP contribution is 2.32. The van der Waals surface area contributed by atoms with E-state index in [0.717, 1.165) is 5.69 Å². The van der Waals surface area contributed by atoms with Crippen LogP contribution in [-0.2, 0) is 4.74 Å². The molecule has 3 N–H and O–H groups in total. The summed E-state index contributed by atoms with van der Waals surface area (Å²) in [5, 5.41) is 29.1. The number of ether oxygens (including phenoxy) is 1. The van der Waals surface area contributed by atoms with Crippen molar-refractivity contribution in [2.45, 2.75) is 38.4 Å². The first-order chi connectivity index (χ1) is 9.54. The number of aryl methyl sites for hydroxylation is 2. The topological polar surface area (TPSA) is 114 Å². The van der Waals surface area contributed by atoms with E-state index in [4.69, 9.17) is 9.84 Å². The monoisotopic (exact) mass is 280 g/mol. The molecule has 4 atom stereocenters. The second kappa shape index (κ2) is 4.74. The Morgan fingerprint density at radius 3 is 2.65 bits per heavy atom. The van der Waals surface area contributed by atoms with E-state index >= 15 is 0 Å². The van der Waals surface area contributed by atoms with Gasteiger partial charge in [0.25, 0.3) is 0 Å². The van der Waals surface area contributed by atoms with Gasteiger partial charge in [-0.25, -0.2) is 15.0 Å². The van der Waals surface area contributed by atoms with E-state index in [1.54, 1.807) is 11.5 Å². The molecule has 0 aromatic carbocycles. The standard InChI is InChI=1S/C12H16N4O4/c1-5-8-11(14-4-13-5)16(6(2)15-8)12-10(19)9(18)7(3-17)20-12/h4,7,9-10,12,17-19H,3H2,1-2H3/t7-,9-,10-,12?/m1/s1. The quantitative estimate of drug-likeness (QED) is 0.650. The molecule has 1 aliphatic heterocycles. The number of imidazole rings is 1. The molecule has 0 aliphatic carbocycles. The van der Waals surface area contributed by atoms with Gasteiger partial charge in [-0.3, -0.25) is 4.57 Å². The van der Waals surface area contributed by atoms with Gasteiger partial charge < -0.3 is 20.1 Å². The van der Waals surface area contributed by atoms with Gasteiger partial charge in [0, 0.05) is 0 Å². The normalized spacial score (nSPS) is 30.2. The fourth-order valence-corrected chi connectivity index (χ4v) is 2.53. The number of aromatic nitrogens is 4. The lowest BCUT2D eigenvalue weighted by Crippen LogP contribution is -2.33. The molecule has 8 heteroatoms. The van der Waals surface area contributed by atoms with Crippen molar-refractivity contribution in [3.63, 3.8) is 0 Å². The first-order valence-electron chi connectivity index (χ1n) is 6.33. The summed E-state index contributed by atoms with van der Waals surface area (Å²) in [5.41, 5.74) is 1.89. The van der Waals surface area contributed by atoms with E-state index in [1.165, 1.54) is 6.33 Å². The third-order valence-corrected chi connectivity index (χ3v) is 3.61. The van der Waals surface area contributed by atoms with Crippen molar-refractivity contribution in [1.82, 2.24) is 19.5 Å². The van der Waals surface area contributed by atoms with Gasteiger partial charge in [-0.1, -0.05) is 0 Å². The van der Waals surface area contributed by atoms with Gasteiger partial charge in [-0.2, -0.15) is 0 Å². The van der Waals surface area contributed by atoms with Crippen LogP contribution in [0.1, 0.15) is 17.7 Å². The minimum Gasteiger partial charge on any atom is -0.394 e. The Labute approximate surface area is 114 Å². The molecular formula is C12H16N4O4. The minimum atomic E-state index is -1.15. The number of fused-ring (bicyclic) bond motifs is 1. The van der Waals surface area contributed by atoms with Crippen molar-refractivity contribution in [1.29, 1.82) is 0 Å². The van der Waals surface area contributed by atoms with Crippen LogP contribution in [0.4, 0.5) is 0 Å². The van der Waals surface area contributed by atoms with Crippen LogP contribution in [0, 0.1) is 13.8 Å². The molecule has 1 unspecified atom stereocenters. The van der Waals surface area contributed by atoms with Crippen LogP contribution in [-0.4, -0.2) is 59.8 Å². The van der Waals surface area contributed by atoms with Crippen LogP contribution in [0.2, 0.25) is 0 Å². The minimum absolute atomic E-state index is 0.367. The van der Waals surface area contributed by atoms with Crippen molar-refractivity contribution in [3.05, 3.63) is 17.8 Å². The lowest BCUT2D eigenvalue weighted by atomic mass is 10.1. The number of rotatable bonds is 2. The summed E-state index contributed by atoms with van der Waals surface area (Å²) in [6.45, 7) is 3.21. The Balaban J connectivity index is 2.11. The van der Waals surface area contributed by atoms with Crippen molar-refractivity contribution in [3.8, 4) is 0 Å². The Hall–Kier alpha value is -1.61. The fourth-order valence-electron chi connectivity index (χ4n) is 2.53. The Morgan fingerprint density at radius 1 is 1.25 bits per heavy atom. The van der Waals surface area contributed by atoms with Crippen molar-refractivity contribution in [2.75, 3.05) is 6.61 Å². The highest BCUT2D eigenvalue weighted by molar-refractivity contribution is 5.73. The zero-order valence-corrected chi connectivity index (χ0v) is 11.1. The fraction of sp³-hybridized carbons (Fsp3) is 0.583. The van der Waals surface area contributed by atoms with Gasteiger partial charge in [0.05, 0.1) is 12.3 Å². The predicted molar refractivity (Wildman–Crippen MR) is 67.8 cm³/mol. The van der Waals surface area contributed by atoms with Gasteiger partial charge in [0.15, 0.2) is 11.9 Å². The summed E-state index contributed by atoms with van der Waals surface area (Å²) in [6.07, 6.45) is -2.55. The third kappa shape index (κ3) is 1.80. The largest absolute Gasteiger partial charge is 0.394 e. The lowest BCUT2D eigenvalue weighted by Gasteiger charge is -2.18. The molecule has 108 valence electrons. The van der Waals surface area contributed by atoms with Crippen molar-refractivity contribution >= 4 is 11.2 Å². The van der Waals surface area contributed by atoms with Gasteiger partial charge in [-0.05, 0) is 13.8 Å². The van der Waals surface area contributed by atoms with Crippen LogP contribution >= 0.6 is 0 Å². The number of nitrogens with zero attached hydrogens (tertiary/aromatic N) is 4. The Kier molecular flexibility index (Phi) is 3.17. The molecule has 3 heterocycles. The molecular weight excluding hydrogens is 264 g/mol. The van der Waals surface area contributed by atoms with Gasteiger partial charge in [0.2, 0.25) is 0 Å². The van der Waals surface area contributed by atoms with Crippen LogP contribution < -0.4 is 0 Å². The van der Waals surface area contributed by atoms with Crippen LogP contribution in [0.25, 0.3) is 11.2 Å². The molecule has 1 aliphatic rings. The molecule has 20 heavy (non-hydrogen) atoms. The molecule has 0 saturated carbocycles. The zero-order chi connectivity index (χ0) is 14.4. The lowest BCUT2D eigenvalue weighted by molar-refractivity contribution is -0.0519. The average molecular weight is 280 g/mol. The Morgan fingerprint density at radius 2 is 2.00 bits per heavy atom.